The van der Waals surface area contributed by atoms with Crippen LogP contribution in [0.1, 0.15) is 0 Å². The summed E-state index contributed by atoms with van der Waals surface area (Å²) in [5.74, 6) is -2.51. The van der Waals surface area contributed by atoms with Gasteiger partial charge in [0.25, 0.3) is 0 Å². The van der Waals surface area contributed by atoms with Crippen molar-refractivity contribution < 1.29 is 24.9 Å². The van der Waals surface area contributed by atoms with Gasteiger partial charge in [-0.25, -0.2) is 9.59 Å². The predicted octanol–water partition coefficient (Wildman–Crippen LogP) is 1.01. The van der Waals surface area contributed by atoms with Gasteiger partial charge in [-0.2, -0.15) is 0 Å². The molecule has 0 aliphatic heterocycles. The van der Waals surface area contributed by atoms with Crippen molar-refractivity contribution >= 4 is 11.9 Å². The summed E-state index contributed by atoms with van der Waals surface area (Å²) in [5, 5.41) is 22.6. The van der Waals surface area contributed by atoms with Crippen LogP contribution < -0.4 is 0 Å². The molecule has 0 spiro atoms. The molecule has 1 aromatic carbocycles. The lowest BCUT2D eigenvalue weighted by molar-refractivity contribution is -0.134. The smallest absolute Gasteiger partial charge is 0.328 e. The van der Waals surface area contributed by atoms with Gasteiger partial charge in [-0.1, -0.05) is 36.4 Å². The molecule has 1 aromatic rings. The number of aliphatic carboxylic acids is 2. The normalized spacial score (nSPS) is 8.12. The van der Waals surface area contributed by atoms with E-state index in [4.69, 9.17) is 15.3 Å². The number of carboxylic acids is 2. The number of rotatable bonds is 2. The molecule has 0 saturated heterocycles. The minimum absolute atomic E-state index is 0.558. The molecule has 1 rings (SSSR count). The monoisotopic (exact) mass is 226 g/mol. The van der Waals surface area contributed by atoms with Gasteiger partial charge in [0.1, 0.15) is 0 Å². The Morgan fingerprint density at radius 1 is 0.750 bits per heavy atom. The van der Waals surface area contributed by atoms with E-state index < -0.39 is 11.9 Å². The summed E-state index contributed by atoms with van der Waals surface area (Å²) >= 11 is 0. The van der Waals surface area contributed by atoms with Crippen molar-refractivity contribution in [3.63, 3.8) is 0 Å². The Morgan fingerprint density at radius 2 is 0.938 bits per heavy atom. The number of benzene rings is 1. The fraction of sp³-hybridized carbons (Fsp3) is 0.0909. The number of hydrogen-bond acceptors (Lipinski definition) is 3. The Kier molecular flexibility index (Phi) is 13.1. The summed E-state index contributed by atoms with van der Waals surface area (Å²) in [6.07, 6.45) is 1.12. The second kappa shape index (κ2) is 12.9. The molecule has 0 fully saturated rings. The van der Waals surface area contributed by atoms with E-state index in [1.54, 1.807) is 0 Å². The van der Waals surface area contributed by atoms with Crippen molar-refractivity contribution in [2.45, 2.75) is 0 Å². The second-order valence-corrected chi connectivity index (χ2v) is 2.16. The maximum absolute atomic E-state index is 9.55. The fourth-order valence-corrected chi connectivity index (χ4v) is 0.527. The zero-order valence-electron chi connectivity index (χ0n) is 8.78. The van der Waals surface area contributed by atoms with Gasteiger partial charge in [-0.15, -0.1) is 0 Å². The molecular formula is C11H14O5. The van der Waals surface area contributed by atoms with Gasteiger partial charge in [0.2, 0.25) is 0 Å². The molecule has 0 aliphatic carbocycles. The van der Waals surface area contributed by atoms with Crippen LogP contribution in [0.4, 0.5) is 0 Å². The van der Waals surface area contributed by atoms with Crippen LogP contribution >= 0.6 is 0 Å². The van der Waals surface area contributed by atoms with Crippen LogP contribution in [0.2, 0.25) is 0 Å². The number of hydrogen-bond donors (Lipinski definition) is 3. The summed E-state index contributed by atoms with van der Waals surface area (Å²) in [4.78, 5) is 19.1. The van der Waals surface area contributed by atoms with E-state index in [2.05, 4.69) is 0 Å². The molecule has 5 nitrogen and oxygen atoms in total. The molecule has 16 heavy (non-hydrogen) atoms. The molecule has 0 aliphatic rings. The summed E-state index contributed by atoms with van der Waals surface area (Å²) < 4.78 is 0. The van der Waals surface area contributed by atoms with Gasteiger partial charge >= 0.3 is 11.9 Å². The first-order valence-corrected chi connectivity index (χ1v) is 4.21. The lowest BCUT2D eigenvalue weighted by Crippen LogP contribution is -1.91. The van der Waals surface area contributed by atoms with Gasteiger partial charge in [0, 0.05) is 19.3 Å². The highest BCUT2D eigenvalue weighted by Gasteiger charge is 1.88. The fourth-order valence-electron chi connectivity index (χ4n) is 0.527. The van der Waals surface area contributed by atoms with Crippen LogP contribution in [0.15, 0.2) is 48.6 Å². The minimum Gasteiger partial charge on any atom is -0.478 e. The molecule has 0 unspecified atom stereocenters. The number of aliphatic hydroxyl groups excluding tert-OH is 1. The van der Waals surface area contributed by atoms with Crippen molar-refractivity contribution in [2.24, 2.45) is 0 Å². The van der Waals surface area contributed by atoms with Crippen molar-refractivity contribution in [1.82, 2.24) is 0 Å². The van der Waals surface area contributed by atoms with Gasteiger partial charge in [0.05, 0.1) is 0 Å². The molecule has 0 radical (unpaired) electrons. The van der Waals surface area contributed by atoms with Crippen molar-refractivity contribution in [2.75, 3.05) is 7.11 Å². The van der Waals surface area contributed by atoms with E-state index in [0.29, 0.717) is 12.2 Å². The quantitative estimate of drug-likeness (QED) is 0.654. The summed E-state index contributed by atoms with van der Waals surface area (Å²) in [5.41, 5.74) is 0. The summed E-state index contributed by atoms with van der Waals surface area (Å²) in [6, 6.07) is 12.0. The first-order valence-electron chi connectivity index (χ1n) is 4.21. The highest BCUT2D eigenvalue weighted by molar-refractivity contribution is 5.89. The number of carboxylic acid groups (broad SMARTS) is 2. The summed E-state index contributed by atoms with van der Waals surface area (Å²) in [6.45, 7) is 0. The molecule has 0 amide bonds. The number of carbonyl (C=O) groups is 2. The summed E-state index contributed by atoms with van der Waals surface area (Å²) in [7, 11) is 1.00. The van der Waals surface area contributed by atoms with Crippen LogP contribution in [0.3, 0.4) is 0 Å². The Bertz CT molecular complexity index is 263. The average Bonchev–Trinajstić information content (AvgIpc) is 2.32. The zero-order chi connectivity index (χ0) is 12.8. The Balaban J connectivity index is 0. The Hall–Kier alpha value is -2.14. The van der Waals surface area contributed by atoms with Crippen LogP contribution in [0, 0.1) is 0 Å². The molecule has 3 N–H and O–H groups in total. The first-order chi connectivity index (χ1) is 7.63. The Morgan fingerprint density at radius 3 is 1.06 bits per heavy atom. The van der Waals surface area contributed by atoms with E-state index in [-0.39, 0.29) is 0 Å². The third kappa shape index (κ3) is 17.8. The predicted molar refractivity (Wildman–Crippen MR) is 59.0 cm³/mol. The van der Waals surface area contributed by atoms with E-state index in [1.165, 1.54) is 0 Å². The highest BCUT2D eigenvalue weighted by Crippen LogP contribution is 1.79. The average molecular weight is 226 g/mol. The SMILES string of the molecule is CO.O=C(O)/C=C/C(=O)O.c1ccccc1. The van der Waals surface area contributed by atoms with E-state index in [1.807, 2.05) is 36.4 Å². The van der Waals surface area contributed by atoms with Gasteiger partial charge in [0.15, 0.2) is 0 Å². The standard InChI is InChI=1S/C6H6.C4H4O4.CH4O/c1-2-4-6-5-3-1;5-3(6)1-2-4(7)8;1-2/h1-6H;1-2H,(H,5,6)(H,7,8);2H,1H3/b;2-1+;. The van der Waals surface area contributed by atoms with Crippen LogP contribution in [-0.4, -0.2) is 34.4 Å². The second-order valence-electron chi connectivity index (χ2n) is 2.16. The van der Waals surface area contributed by atoms with Crippen molar-refractivity contribution in [3.8, 4) is 0 Å². The van der Waals surface area contributed by atoms with Crippen LogP contribution in [0.25, 0.3) is 0 Å². The van der Waals surface area contributed by atoms with Gasteiger partial charge in [-0.3, -0.25) is 0 Å². The van der Waals surface area contributed by atoms with E-state index in [0.717, 1.165) is 7.11 Å². The molecule has 0 heterocycles. The highest BCUT2D eigenvalue weighted by atomic mass is 16.4. The van der Waals surface area contributed by atoms with E-state index in [9.17, 15) is 9.59 Å². The van der Waals surface area contributed by atoms with Gasteiger partial charge < -0.3 is 15.3 Å². The molecular weight excluding hydrogens is 212 g/mol. The topological polar surface area (TPSA) is 94.8 Å². The Labute approximate surface area is 93.3 Å². The molecule has 88 valence electrons. The first kappa shape index (κ1) is 16.3. The third-order valence-electron chi connectivity index (χ3n) is 1.04. The lowest BCUT2D eigenvalue weighted by atomic mass is 10.4. The molecule has 0 atom stereocenters. The van der Waals surface area contributed by atoms with Crippen molar-refractivity contribution in [1.29, 1.82) is 0 Å². The van der Waals surface area contributed by atoms with E-state index >= 15 is 0 Å². The molecule has 0 bridgehead atoms. The zero-order valence-corrected chi connectivity index (χ0v) is 8.78. The van der Waals surface area contributed by atoms with Crippen LogP contribution in [-0.2, 0) is 9.59 Å². The van der Waals surface area contributed by atoms with Crippen LogP contribution in [0.5, 0.6) is 0 Å². The maximum Gasteiger partial charge on any atom is 0.328 e. The number of aliphatic hydroxyl groups is 1. The lowest BCUT2D eigenvalue weighted by Gasteiger charge is -1.74. The molecule has 5 heteroatoms. The van der Waals surface area contributed by atoms with Gasteiger partial charge in [-0.05, 0) is 0 Å². The maximum atomic E-state index is 9.55. The molecule has 0 saturated carbocycles. The minimum atomic E-state index is -1.26. The largest absolute Gasteiger partial charge is 0.478 e. The van der Waals surface area contributed by atoms with Crippen molar-refractivity contribution in [3.05, 3.63) is 48.6 Å². The third-order valence-corrected chi connectivity index (χ3v) is 1.04. The molecule has 0 aromatic heterocycles.